The van der Waals surface area contributed by atoms with Gasteiger partial charge in [0.1, 0.15) is 0 Å². The highest BCUT2D eigenvalue weighted by atomic mass is 127. The van der Waals surface area contributed by atoms with Crippen LogP contribution in [0.25, 0.3) is 0 Å². The average Bonchev–Trinajstić information content (AvgIpc) is 2.14. The Hall–Kier alpha value is 0.647. The standard InChI is InChI=1S/C12H24INSi/c1-15(2,3)11-5-4-8-14-9-6-12(13)7-10-14/h5,11-12H,4,6-10H2,1-3H3/b11-5-. The molecule has 1 heterocycles. The minimum absolute atomic E-state index is 0.927. The maximum atomic E-state index is 2.61. The number of alkyl halides is 1. The lowest BCUT2D eigenvalue weighted by Crippen LogP contribution is -2.34. The Morgan fingerprint density at radius 3 is 2.40 bits per heavy atom. The van der Waals surface area contributed by atoms with Crippen molar-refractivity contribution < 1.29 is 0 Å². The Kier molecular flexibility index (Phi) is 5.85. The van der Waals surface area contributed by atoms with E-state index < -0.39 is 8.07 Å². The van der Waals surface area contributed by atoms with Crippen LogP contribution in [-0.4, -0.2) is 36.5 Å². The smallest absolute Gasteiger partial charge is 0.0682 e. The van der Waals surface area contributed by atoms with Gasteiger partial charge >= 0.3 is 0 Å². The molecule has 1 aliphatic rings. The molecular formula is C12H24INSi. The van der Waals surface area contributed by atoms with Crippen LogP contribution in [0.15, 0.2) is 11.8 Å². The van der Waals surface area contributed by atoms with Gasteiger partial charge in [0.25, 0.3) is 0 Å². The molecule has 0 aliphatic carbocycles. The summed E-state index contributed by atoms with van der Waals surface area (Å²) in [5, 5.41) is 0. The van der Waals surface area contributed by atoms with Gasteiger partial charge in [-0.1, -0.05) is 54.0 Å². The third-order valence-electron chi connectivity index (χ3n) is 2.75. The zero-order valence-corrected chi connectivity index (χ0v) is 13.5. The van der Waals surface area contributed by atoms with Crippen LogP contribution in [0.1, 0.15) is 19.3 Å². The maximum Gasteiger partial charge on any atom is 0.0682 e. The molecule has 1 aliphatic heterocycles. The van der Waals surface area contributed by atoms with E-state index in [1.807, 2.05) is 0 Å². The fraction of sp³-hybridized carbons (Fsp3) is 0.833. The van der Waals surface area contributed by atoms with Crippen LogP contribution in [-0.2, 0) is 0 Å². The molecule has 0 bridgehead atoms. The summed E-state index contributed by atoms with van der Waals surface area (Å²) < 4.78 is 0.927. The minimum atomic E-state index is -0.955. The molecule has 0 spiro atoms. The first-order chi connectivity index (χ1) is 6.97. The number of rotatable bonds is 4. The molecule has 0 N–H and O–H groups in total. The molecule has 0 amide bonds. The van der Waals surface area contributed by atoms with Crippen LogP contribution in [0.5, 0.6) is 0 Å². The van der Waals surface area contributed by atoms with Crippen molar-refractivity contribution in [3.05, 3.63) is 11.8 Å². The summed E-state index contributed by atoms with van der Waals surface area (Å²) in [6.07, 6.45) is 6.43. The van der Waals surface area contributed by atoms with E-state index in [2.05, 4.69) is 58.9 Å². The molecule has 0 saturated carbocycles. The fourth-order valence-electron chi connectivity index (χ4n) is 1.82. The van der Waals surface area contributed by atoms with Gasteiger partial charge in [0.15, 0.2) is 0 Å². The summed E-state index contributed by atoms with van der Waals surface area (Å²) in [5.41, 5.74) is 2.47. The maximum absolute atomic E-state index is 2.61. The Labute approximate surface area is 109 Å². The Balaban J connectivity index is 2.13. The predicted octanol–water partition coefficient (Wildman–Crippen LogP) is 3.71. The molecule has 0 aromatic rings. The quantitative estimate of drug-likeness (QED) is 0.429. The van der Waals surface area contributed by atoms with Gasteiger partial charge in [0, 0.05) is 10.5 Å². The van der Waals surface area contributed by atoms with E-state index >= 15 is 0 Å². The zero-order chi connectivity index (χ0) is 11.3. The van der Waals surface area contributed by atoms with E-state index in [9.17, 15) is 0 Å². The molecular weight excluding hydrogens is 313 g/mol. The van der Waals surface area contributed by atoms with Gasteiger partial charge in [0.2, 0.25) is 0 Å². The van der Waals surface area contributed by atoms with E-state index in [0.717, 1.165) is 3.92 Å². The van der Waals surface area contributed by atoms with Crippen molar-refractivity contribution >= 4 is 30.7 Å². The van der Waals surface area contributed by atoms with Crippen LogP contribution in [0.4, 0.5) is 0 Å². The topological polar surface area (TPSA) is 3.24 Å². The van der Waals surface area contributed by atoms with E-state index in [-0.39, 0.29) is 0 Å². The van der Waals surface area contributed by atoms with Crippen molar-refractivity contribution in [1.82, 2.24) is 4.90 Å². The molecule has 1 rings (SSSR count). The van der Waals surface area contributed by atoms with Crippen LogP contribution in [0.2, 0.25) is 19.6 Å². The summed E-state index contributed by atoms with van der Waals surface area (Å²) in [6.45, 7) is 11.1. The van der Waals surface area contributed by atoms with Crippen LogP contribution >= 0.6 is 22.6 Å². The molecule has 3 heteroatoms. The SMILES string of the molecule is C[Si](C)(C)/C=C\CCN1CCC(I)CC1. The molecule has 15 heavy (non-hydrogen) atoms. The normalized spacial score (nSPS) is 21.3. The highest BCUT2D eigenvalue weighted by Crippen LogP contribution is 2.17. The largest absolute Gasteiger partial charge is 0.303 e. The molecule has 1 nitrogen and oxygen atoms in total. The zero-order valence-electron chi connectivity index (χ0n) is 10.3. The Bertz CT molecular complexity index is 202. The number of likely N-dealkylation sites (tertiary alicyclic amines) is 1. The van der Waals surface area contributed by atoms with E-state index in [4.69, 9.17) is 0 Å². The second-order valence-corrected chi connectivity index (χ2v) is 12.4. The molecule has 0 unspecified atom stereocenters. The number of nitrogens with zero attached hydrogens (tertiary/aromatic N) is 1. The van der Waals surface area contributed by atoms with Crippen LogP contribution in [0.3, 0.4) is 0 Å². The summed E-state index contributed by atoms with van der Waals surface area (Å²) in [4.78, 5) is 2.61. The first kappa shape index (κ1) is 13.7. The molecule has 0 aromatic carbocycles. The highest BCUT2D eigenvalue weighted by molar-refractivity contribution is 14.1. The summed E-state index contributed by atoms with van der Waals surface area (Å²) in [6, 6.07) is 0. The van der Waals surface area contributed by atoms with Gasteiger partial charge in [-0.25, -0.2) is 0 Å². The van der Waals surface area contributed by atoms with E-state index in [0.29, 0.717) is 0 Å². The first-order valence-electron chi connectivity index (χ1n) is 6.01. The van der Waals surface area contributed by atoms with E-state index in [1.165, 1.54) is 38.9 Å². The average molecular weight is 337 g/mol. The molecule has 88 valence electrons. The third-order valence-corrected chi connectivity index (χ3v) is 5.23. The molecule has 0 atom stereocenters. The van der Waals surface area contributed by atoms with Crippen molar-refractivity contribution in [1.29, 1.82) is 0 Å². The molecule has 0 radical (unpaired) electrons. The number of halogens is 1. The number of hydrogen-bond donors (Lipinski definition) is 0. The summed E-state index contributed by atoms with van der Waals surface area (Å²) in [7, 11) is -0.955. The van der Waals surface area contributed by atoms with Crippen molar-refractivity contribution in [2.75, 3.05) is 19.6 Å². The van der Waals surface area contributed by atoms with Crippen molar-refractivity contribution in [3.8, 4) is 0 Å². The second kappa shape index (κ2) is 6.40. The lowest BCUT2D eigenvalue weighted by molar-refractivity contribution is 0.240. The third kappa shape index (κ3) is 6.74. The second-order valence-electron chi connectivity index (χ2n) is 5.57. The minimum Gasteiger partial charge on any atom is -0.303 e. The molecule has 1 saturated heterocycles. The van der Waals surface area contributed by atoms with Crippen LogP contribution in [0, 0.1) is 0 Å². The lowest BCUT2D eigenvalue weighted by atomic mass is 10.1. The van der Waals surface area contributed by atoms with Gasteiger partial charge in [-0.15, -0.1) is 0 Å². The number of piperidine rings is 1. The van der Waals surface area contributed by atoms with Crippen molar-refractivity contribution in [2.45, 2.75) is 42.8 Å². The number of hydrogen-bond acceptors (Lipinski definition) is 1. The predicted molar refractivity (Wildman–Crippen MR) is 80.6 cm³/mol. The summed E-state index contributed by atoms with van der Waals surface area (Å²) in [5.74, 6) is 0. The van der Waals surface area contributed by atoms with Gasteiger partial charge in [0.05, 0.1) is 8.07 Å². The monoisotopic (exact) mass is 337 g/mol. The summed E-state index contributed by atoms with van der Waals surface area (Å²) >= 11 is 2.59. The molecule has 1 fully saturated rings. The van der Waals surface area contributed by atoms with Crippen LogP contribution < -0.4 is 0 Å². The lowest BCUT2D eigenvalue weighted by Gasteiger charge is -2.29. The Morgan fingerprint density at radius 2 is 1.87 bits per heavy atom. The van der Waals surface area contributed by atoms with Gasteiger partial charge in [-0.2, -0.15) is 0 Å². The Morgan fingerprint density at radius 1 is 1.27 bits per heavy atom. The van der Waals surface area contributed by atoms with Gasteiger partial charge in [-0.05, 0) is 32.4 Å². The van der Waals surface area contributed by atoms with E-state index in [1.54, 1.807) is 0 Å². The fourth-order valence-corrected chi connectivity index (χ4v) is 3.25. The van der Waals surface area contributed by atoms with Gasteiger partial charge in [-0.3, -0.25) is 0 Å². The van der Waals surface area contributed by atoms with Gasteiger partial charge < -0.3 is 4.90 Å². The molecule has 0 aromatic heterocycles. The van der Waals surface area contributed by atoms with Crippen molar-refractivity contribution in [3.63, 3.8) is 0 Å². The first-order valence-corrected chi connectivity index (χ1v) is 10.8. The highest BCUT2D eigenvalue weighted by Gasteiger charge is 2.15. The van der Waals surface area contributed by atoms with Crippen molar-refractivity contribution in [2.24, 2.45) is 0 Å².